The summed E-state index contributed by atoms with van der Waals surface area (Å²) >= 11 is 11.6. The zero-order valence-electron chi connectivity index (χ0n) is 9.15. The largest absolute Gasteiger partial charge is 0.376 e. The van der Waals surface area contributed by atoms with Crippen LogP contribution < -0.4 is 5.43 Å². The van der Waals surface area contributed by atoms with Gasteiger partial charge < -0.3 is 9.72 Å². The standard InChI is InChI=1S/C12H8Cl2FNO2/c13-6-3-8-9(10(14)11(6)15)12(17)5-4-18-2-1-7(5)16-8/h3H,1-2,4H2,(H,16,17). The Kier molecular flexibility index (Phi) is 2.81. The third kappa shape index (κ3) is 1.64. The van der Waals surface area contributed by atoms with Crippen LogP contribution in [0, 0.1) is 5.82 Å². The minimum Gasteiger partial charge on any atom is -0.376 e. The molecule has 2 aromatic rings. The number of benzene rings is 1. The molecule has 0 spiro atoms. The highest BCUT2D eigenvalue weighted by Crippen LogP contribution is 2.30. The van der Waals surface area contributed by atoms with Crippen molar-refractivity contribution < 1.29 is 9.13 Å². The van der Waals surface area contributed by atoms with E-state index in [4.69, 9.17) is 27.9 Å². The number of rotatable bonds is 0. The fourth-order valence-electron chi connectivity index (χ4n) is 2.16. The van der Waals surface area contributed by atoms with Crippen molar-refractivity contribution in [2.24, 2.45) is 0 Å². The number of fused-ring (bicyclic) bond motifs is 2. The van der Waals surface area contributed by atoms with E-state index in [1.54, 1.807) is 0 Å². The van der Waals surface area contributed by atoms with E-state index in [-0.39, 0.29) is 27.5 Å². The van der Waals surface area contributed by atoms with E-state index in [1.807, 2.05) is 0 Å². The molecule has 18 heavy (non-hydrogen) atoms. The first-order valence-corrected chi connectivity index (χ1v) is 6.14. The Labute approximate surface area is 111 Å². The molecule has 0 saturated carbocycles. The third-order valence-electron chi connectivity index (χ3n) is 3.06. The van der Waals surface area contributed by atoms with Crippen molar-refractivity contribution in [1.29, 1.82) is 0 Å². The minimum absolute atomic E-state index is 0.102. The van der Waals surface area contributed by atoms with Crippen LogP contribution in [0.2, 0.25) is 10.0 Å². The molecule has 1 aromatic carbocycles. The van der Waals surface area contributed by atoms with E-state index in [1.165, 1.54) is 6.07 Å². The van der Waals surface area contributed by atoms with E-state index < -0.39 is 5.82 Å². The second kappa shape index (κ2) is 4.23. The molecule has 2 heterocycles. The Bertz CT molecular complexity index is 712. The summed E-state index contributed by atoms with van der Waals surface area (Å²) in [5.74, 6) is -0.770. The minimum atomic E-state index is -0.770. The quantitative estimate of drug-likeness (QED) is 0.757. The van der Waals surface area contributed by atoms with Crippen LogP contribution >= 0.6 is 23.2 Å². The van der Waals surface area contributed by atoms with Crippen molar-refractivity contribution in [2.45, 2.75) is 13.0 Å². The van der Waals surface area contributed by atoms with Gasteiger partial charge in [0, 0.05) is 17.7 Å². The number of hydrogen-bond donors (Lipinski definition) is 1. The van der Waals surface area contributed by atoms with Gasteiger partial charge in [-0.2, -0.15) is 0 Å². The lowest BCUT2D eigenvalue weighted by Gasteiger charge is -2.17. The van der Waals surface area contributed by atoms with Crippen LogP contribution in [0.4, 0.5) is 4.39 Å². The Morgan fingerprint density at radius 3 is 2.94 bits per heavy atom. The van der Waals surface area contributed by atoms with Crippen LogP contribution in [0.1, 0.15) is 11.3 Å². The summed E-state index contributed by atoms with van der Waals surface area (Å²) in [5, 5.41) is -0.218. The summed E-state index contributed by atoms with van der Waals surface area (Å²) in [6.07, 6.45) is 0.618. The van der Waals surface area contributed by atoms with Crippen LogP contribution in [0.15, 0.2) is 10.9 Å². The zero-order chi connectivity index (χ0) is 12.9. The molecule has 0 saturated heterocycles. The van der Waals surface area contributed by atoms with Gasteiger partial charge in [-0.25, -0.2) is 4.39 Å². The highest BCUT2D eigenvalue weighted by atomic mass is 35.5. The van der Waals surface area contributed by atoms with Crippen molar-refractivity contribution in [1.82, 2.24) is 4.98 Å². The van der Waals surface area contributed by atoms with Crippen LogP contribution in [-0.2, 0) is 17.8 Å². The number of nitrogens with one attached hydrogen (secondary N) is 1. The number of halogens is 3. The van der Waals surface area contributed by atoms with Gasteiger partial charge in [0.2, 0.25) is 0 Å². The van der Waals surface area contributed by atoms with Gasteiger partial charge in [-0.15, -0.1) is 0 Å². The molecule has 1 N–H and O–H groups in total. The predicted molar refractivity (Wildman–Crippen MR) is 67.9 cm³/mol. The van der Waals surface area contributed by atoms with Gasteiger partial charge in [-0.1, -0.05) is 23.2 Å². The Hall–Kier alpha value is -1.10. The van der Waals surface area contributed by atoms with Crippen molar-refractivity contribution in [3.05, 3.63) is 43.4 Å². The maximum Gasteiger partial charge on any atom is 0.196 e. The maximum absolute atomic E-state index is 13.6. The Balaban J connectivity index is 2.47. The van der Waals surface area contributed by atoms with Crippen molar-refractivity contribution in [3.8, 4) is 0 Å². The maximum atomic E-state index is 13.6. The van der Waals surface area contributed by atoms with Gasteiger partial charge in [0.1, 0.15) is 0 Å². The Morgan fingerprint density at radius 2 is 2.17 bits per heavy atom. The average Bonchev–Trinajstić information content (AvgIpc) is 2.36. The topological polar surface area (TPSA) is 42.1 Å². The number of ether oxygens (including phenoxy) is 1. The highest BCUT2D eigenvalue weighted by molar-refractivity contribution is 6.38. The lowest BCUT2D eigenvalue weighted by molar-refractivity contribution is 0.109. The molecule has 3 nitrogen and oxygen atoms in total. The molecule has 3 rings (SSSR count). The van der Waals surface area contributed by atoms with Crippen molar-refractivity contribution in [2.75, 3.05) is 6.61 Å². The number of hydrogen-bond acceptors (Lipinski definition) is 2. The second-order valence-corrected chi connectivity index (χ2v) is 4.91. The molecular weight excluding hydrogens is 280 g/mol. The van der Waals surface area contributed by atoms with Crippen LogP contribution in [-0.4, -0.2) is 11.6 Å². The van der Waals surface area contributed by atoms with Gasteiger partial charge in [0.25, 0.3) is 0 Å². The number of H-pyrrole nitrogens is 1. The van der Waals surface area contributed by atoms with E-state index in [0.29, 0.717) is 24.1 Å². The summed E-state index contributed by atoms with van der Waals surface area (Å²) in [5.41, 5.74) is 1.48. The molecule has 1 aliphatic rings. The number of pyridine rings is 1. The molecule has 0 radical (unpaired) electrons. The monoisotopic (exact) mass is 287 g/mol. The molecule has 94 valence electrons. The van der Waals surface area contributed by atoms with Gasteiger partial charge in [-0.3, -0.25) is 4.79 Å². The summed E-state index contributed by atoms with van der Waals surface area (Å²) in [6.45, 7) is 0.776. The highest BCUT2D eigenvalue weighted by Gasteiger charge is 2.20. The molecule has 1 aliphatic heterocycles. The molecule has 0 unspecified atom stereocenters. The SMILES string of the molecule is O=c1c2c([nH]c3cc(Cl)c(F)c(Cl)c13)CCOC2. The van der Waals surface area contributed by atoms with Crippen LogP contribution in [0.5, 0.6) is 0 Å². The van der Waals surface area contributed by atoms with Gasteiger partial charge in [0.05, 0.1) is 34.2 Å². The normalized spacial score (nSPS) is 14.8. The predicted octanol–water partition coefficient (Wildman–Crippen LogP) is 3.05. The van der Waals surface area contributed by atoms with Crippen molar-refractivity contribution >= 4 is 34.1 Å². The van der Waals surface area contributed by atoms with Gasteiger partial charge in [-0.05, 0) is 6.07 Å². The summed E-state index contributed by atoms with van der Waals surface area (Å²) in [4.78, 5) is 15.3. The molecule has 1 aromatic heterocycles. The molecule has 0 bridgehead atoms. The summed E-state index contributed by atoms with van der Waals surface area (Å²) in [7, 11) is 0. The first-order chi connectivity index (χ1) is 8.59. The molecule has 0 fully saturated rings. The summed E-state index contributed by atoms with van der Waals surface area (Å²) in [6, 6.07) is 1.38. The fraction of sp³-hybridized carbons (Fsp3) is 0.250. The molecule has 0 aliphatic carbocycles. The van der Waals surface area contributed by atoms with E-state index >= 15 is 0 Å². The third-order valence-corrected chi connectivity index (χ3v) is 3.69. The first kappa shape index (κ1) is 12.0. The van der Waals surface area contributed by atoms with Crippen molar-refractivity contribution in [3.63, 3.8) is 0 Å². The van der Waals surface area contributed by atoms with E-state index in [2.05, 4.69) is 4.98 Å². The molecule has 6 heteroatoms. The van der Waals surface area contributed by atoms with Gasteiger partial charge >= 0.3 is 0 Å². The first-order valence-electron chi connectivity index (χ1n) is 5.38. The lowest BCUT2D eigenvalue weighted by Crippen LogP contribution is -2.22. The molecule has 0 atom stereocenters. The molecular formula is C12H8Cl2FNO2. The van der Waals surface area contributed by atoms with E-state index in [0.717, 1.165) is 5.69 Å². The van der Waals surface area contributed by atoms with Crippen LogP contribution in [0.3, 0.4) is 0 Å². The van der Waals surface area contributed by atoms with E-state index in [9.17, 15) is 9.18 Å². The second-order valence-electron chi connectivity index (χ2n) is 4.12. The smallest absolute Gasteiger partial charge is 0.196 e. The number of aromatic nitrogens is 1. The average molecular weight is 288 g/mol. The zero-order valence-corrected chi connectivity index (χ0v) is 10.7. The fourth-order valence-corrected chi connectivity index (χ4v) is 2.70. The number of aromatic amines is 1. The Morgan fingerprint density at radius 1 is 1.39 bits per heavy atom. The molecule has 0 amide bonds. The summed E-state index contributed by atoms with van der Waals surface area (Å²) < 4.78 is 18.9. The lowest BCUT2D eigenvalue weighted by atomic mass is 10.1. The van der Waals surface area contributed by atoms with Gasteiger partial charge in [0.15, 0.2) is 11.2 Å². The van der Waals surface area contributed by atoms with Crippen LogP contribution in [0.25, 0.3) is 10.9 Å².